The van der Waals surface area contributed by atoms with Crippen LogP contribution in [0.15, 0.2) is 174 Å². The van der Waals surface area contributed by atoms with Gasteiger partial charge in [-0.2, -0.15) is 0 Å². The third kappa shape index (κ3) is 3.84. The third-order valence-corrected chi connectivity index (χ3v) is 12.3. The number of hydrogen-bond acceptors (Lipinski definition) is 1. The van der Waals surface area contributed by atoms with Gasteiger partial charge in [0.2, 0.25) is 0 Å². The SMILES string of the molecule is C=C/C(=C\C=C(/C)n1c2ccccc2c2cccc(-c3ccc4oc5ccccc5c4c3)c21)C1=Cc2c3n(c4ccccc24)-c2ccccc2C2C1C32. The fraction of sp³-hybridized carbons (Fsp3) is 0.0800. The van der Waals surface area contributed by atoms with E-state index in [1.807, 2.05) is 12.1 Å². The van der Waals surface area contributed by atoms with Crippen LogP contribution in [0, 0.1) is 5.92 Å². The molecule has 0 bridgehead atoms. The Bertz CT molecular complexity index is 3170. The second-order valence-corrected chi connectivity index (χ2v) is 14.9. The highest BCUT2D eigenvalue weighted by Gasteiger charge is 2.60. The van der Waals surface area contributed by atoms with E-state index < -0.39 is 0 Å². The van der Waals surface area contributed by atoms with Crippen molar-refractivity contribution in [1.82, 2.24) is 9.13 Å². The number of nitrogens with zero attached hydrogens (tertiary/aromatic N) is 2. The van der Waals surface area contributed by atoms with E-state index in [9.17, 15) is 0 Å². The number of aromatic nitrogens is 2. The lowest BCUT2D eigenvalue weighted by atomic mass is 9.90. The Hall–Kier alpha value is -6.58. The zero-order valence-corrected chi connectivity index (χ0v) is 29.3. The molecule has 0 radical (unpaired) electrons. The number of fused-ring (bicyclic) bond motifs is 13. The summed E-state index contributed by atoms with van der Waals surface area (Å²) in [7, 11) is 0. The van der Waals surface area contributed by atoms with Gasteiger partial charge in [-0.05, 0) is 77.7 Å². The molecule has 9 aromatic rings. The molecule has 6 aromatic carbocycles. The van der Waals surface area contributed by atoms with Crippen LogP contribution in [0.5, 0.6) is 0 Å². The Labute approximate surface area is 306 Å². The molecule has 3 atom stereocenters. The van der Waals surface area contributed by atoms with Crippen LogP contribution in [0.1, 0.15) is 35.6 Å². The van der Waals surface area contributed by atoms with Crippen molar-refractivity contribution in [3.63, 3.8) is 0 Å². The van der Waals surface area contributed by atoms with Crippen LogP contribution in [-0.4, -0.2) is 9.13 Å². The lowest BCUT2D eigenvalue weighted by Crippen LogP contribution is -2.09. The van der Waals surface area contributed by atoms with Gasteiger partial charge in [-0.3, -0.25) is 0 Å². The highest BCUT2D eigenvalue weighted by atomic mass is 16.3. The van der Waals surface area contributed by atoms with Crippen LogP contribution in [0.3, 0.4) is 0 Å². The molecule has 1 aliphatic heterocycles. The zero-order valence-electron chi connectivity index (χ0n) is 29.3. The average Bonchev–Trinajstić information content (AvgIpc) is 3.52. The quantitative estimate of drug-likeness (QED) is 0.166. The first-order valence-electron chi connectivity index (χ1n) is 18.6. The van der Waals surface area contributed by atoms with Crippen LogP contribution in [-0.2, 0) is 0 Å². The lowest BCUT2D eigenvalue weighted by molar-refractivity contribution is 0.669. The summed E-state index contributed by atoms with van der Waals surface area (Å²) in [6, 6.07) is 48.3. The molecule has 4 heterocycles. The Balaban J connectivity index is 1.03. The summed E-state index contributed by atoms with van der Waals surface area (Å²) in [6.07, 6.45) is 9.15. The van der Waals surface area contributed by atoms with E-state index in [2.05, 4.69) is 168 Å². The molecule has 12 rings (SSSR count). The van der Waals surface area contributed by atoms with Crippen molar-refractivity contribution in [3.8, 4) is 16.8 Å². The number of benzene rings is 6. The maximum absolute atomic E-state index is 6.20. The monoisotopic (exact) mass is 678 g/mol. The van der Waals surface area contributed by atoms with Gasteiger partial charge in [-0.1, -0.05) is 116 Å². The van der Waals surface area contributed by atoms with Crippen molar-refractivity contribution in [2.45, 2.75) is 18.8 Å². The summed E-state index contributed by atoms with van der Waals surface area (Å²) in [5, 5.41) is 6.10. The largest absolute Gasteiger partial charge is 0.456 e. The molecule has 1 fully saturated rings. The number of para-hydroxylation sites is 5. The Morgan fingerprint density at radius 2 is 1.38 bits per heavy atom. The van der Waals surface area contributed by atoms with Crippen LogP contribution >= 0.6 is 0 Å². The molecule has 3 aliphatic rings. The molecular formula is C50H34N2O. The van der Waals surface area contributed by atoms with E-state index in [1.54, 1.807) is 0 Å². The van der Waals surface area contributed by atoms with Crippen molar-refractivity contribution in [2.24, 2.45) is 5.92 Å². The summed E-state index contributed by atoms with van der Waals surface area (Å²) in [5.41, 5.74) is 17.3. The average molecular weight is 679 g/mol. The van der Waals surface area contributed by atoms with Crippen molar-refractivity contribution >= 4 is 66.4 Å². The van der Waals surface area contributed by atoms with Crippen molar-refractivity contribution in [1.29, 1.82) is 0 Å². The Kier molecular flexibility index (Phi) is 5.75. The van der Waals surface area contributed by atoms with Crippen LogP contribution in [0.4, 0.5) is 0 Å². The minimum atomic E-state index is 0.445. The number of furan rings is 1. The normalized spacial score (nSPS) is 18.9. The molecule has 53 heavy (non-hydrogen) atoms. The summed E-state index contributed by atoms with van der Waals surface area (Å²) in [6.45, 7) is 6.62. The maximum atomic E-state index is 6.20. The van der Waals surface area contributed by atoms with Gasteiger partial charge in [0, 0.05) is 72.9 Å². The fourth-order valence-electron chi connectivity index (χ4n) is 10.0. The van der Waals surface area contributed by atoms with E-state index in [-0.39, 0.29) is 0 Å². The molecule has 250 valence electrons. The highest BCUT2D eigenvalue weighted by molar-refractivity contribution is 6.15. The maximum Gasteiger partial charge on any atom is 0.135 e. The molecule has 0 spiro atoms. The van der Waals surface area contributed by atoms with Gasteiger partial charge in [0.05, 0.1) is 16.6 Å². The van der Waals surface area contributed by atoms with Gasteiger partial charge in [0.15, 0.2) is 0 Å². The standard InChI is InChI=1S/C50H34N2O/c1-3-30(38-28-40-34-14-5-9-20-42(34)52-43-21-10-6-16-37(43)46-47(38)48(46)50(40)52)24-23-29(2)51-41-19-8-4-13-33(41)36-18-12-17-32(49(36)51)31-25-26-45-39(27-31)35-15-7-11-22-44(35)53-45/h3-28,46-48H,1H2,2H3/b29-23+,30-24+. The molecule has 3 unspecified atom stereocenters. The van der Waals surface area contributed by atoms with E-state index >= 15 is 0 Å². The Morgan fingerprint density at radius 3 is 2.26 bits per heavy atom. The first-order valence-corrected chi connectivity index (χ1v) is 18.6. The smallest absolute Gasteiger partial charge is 0.135 e. The van der Waals surface area contributed by atoms with Crippen LogP contribution in [0.2, 0.25) is 0 Å². The van der Waals surface area contributed by atoms with Gasteiger partial charge in [0.25, 0.3) is 0 Å². The van der Waals surface area contributed by atoms with Crippen LogP contribution in [0.25, 0.3) is 83.2 Å². The minimum absolute atomic E-state index is 0.445. The molecule has 0 saturated heterocycles. The predicted molar refractivity (Wildman–Crippen MR) is 221 cm³/mol. The molecule has 1 saturated carbocycles. The van der Waals surface area contributed by atoms with Gasteiger partial charge in [0.1, 0.15) is 11.2 Å². The van der Waals surface area contributed by atoms with E-state index in [0.717, 1.165) is 27.6 Å². The predicted octanol–water partition coefficient (Wildman–Crippen LogP) is 13.2. The second kappa shape index (κ2) is 10.5. The first-order chi connectivity index (χ1) is 26.2. The van der Waals surface area contributed by atoms with Gasteiger partial charge in [-0.15, -0.1) is 0 Å². The molecule has 0 N–H and O–H groups in total. The van der Waals surface area contributed by atoms with Crippen molar-refractivity contribution < 1.29 is 4.42 Å². The van der Waals surface area contributed by atoms with Gasteiger partial charge in [-0.25, -0.2) is 0 Å². The number of rotatable bonds is 5. The molecular weight excluding hydrogens is 645 g/mol. The second-order valence-electron chi connectivity index (χ2n) is 14.9. The summed E-state index contributed by atoms with van der Waals surface area (Å²) < 4.78 is 11.2. The Morgan fingerprint density at radius 1 is 0.642 bits per heavy atom. The van der Waals surface area contributed by atoms with E-state index in [1.165, 1.54) is 77.5 Å². The summed E-state index contributed by atoms with van der Waals surface area (Å²) in [5.74, 6) is 1.43. The van der Waals surface area contributed by atoms with Crippen molar-refractivity contribution in [3.05, 3.63) is 186 Å². The minimum Gasteiger partial charge on any atom is -0.456 e. The summed E-state index contributed by atoms with van der Waals surface area (Å²) >= 11 is 0. The van der Waals surface area contributed by atoms with E-state index in [4.69, 9.17) is 4.42 Å². The third-order valence-electron chi connectivity index (χ3n) is 12.3. The molecule has 3 heteroatoms. The van der Waals surface area contributed by atoms with Crippen LogP contribution < -0.4 is 0 Å². The first kappa shape index (κ1) is 29.0. The van der Waals surface area contributed by atoms with Gasteiger partial charge < -0.3 is 13.6 Å². The topological polar surface area (TPSA) is 23.0 Å². The molecule has 0 amide bonds. The summed E-state index contributed by atoms with van der Waals surface area (Å²) in [4.78, 5) is 0. The lowest BCUT2D eigenvalue weighted by Gasteiger charge is -2.21. The van der Waals surface area contributed by atoms with Crippen molar-refractivity contribution in [2.75, 3.05) is 0 Å². The fourth-order valence-corrected chi connectivity index (χ4v) is 10.0. The molecule has 3 aromatic heterocycles. The highest BCUT2D eigenvalue weighted by Crippen LogP contribution is 2.71. The molecule has 3 nitrogen and oxygen atoms in total. The number of hydrogen-bond donors (Lipinski definition) is 0. The van der Waals surface area contributed by atoms with Gasteiger partial charge >= 0.3 is 0 Å². The number of allylic oxidation sites excluding steroid dienone is 6. The van der Waals surface area contributed by atoms with E-state index in [0.29, 0.717) is 17.8 Å². The molecule has 2 aliphatic carbocycles. The zero-order chi connectivity index (χ0) is 34.9.